The molecule has 1 fully saturated rings. The molecule has 0 spiro atoms. The third-order valence-corrected chi connectivity index (χ3v) is 4.23. The van der Waals surface area contributed by atoms with Gasteiger partial charge in [-0.3, -0.25) is 0 Å². The second kappa shape index (κ2) is 7.55. The van der Waals surface area contributed by atoms with Crippen LogP contribution in [0.4, 0.5) is 9.59 Å². The van der Waals surface area contributed by atoms with Crippen LogP contribution in [0.25, 0.3) is 0 Å². The molecule has 1 aliphatic rings. The second-order valence-electron chi connectivity index (χ2n) is 7.19. The van der Waals surface area contributed by atoms with Crippen LogP contribution in [0.15, 0.2) is 30.3 Å². The molecule has 24 heavy (non-hydrogen) atoms. The van der Waals surface area contributed by atoms with E-state index in [-0.39, 0.29) is 18.7 Å². The van der Waals surface area contributed by atoms with Gasteiger partial charge >= 0.3 is 12.2 Å². The summed E-state index contributed by atoms with van der Waals surface area (Å²) in [7, 11) is 0. The highest BCUT2D eigenvalue weighted by Gasteiger charge is 2.38. The largest absolute Gasteiger partial charge is 0.465 e. The Morgan fingerprint density at radius 3 is 2.50 bits per heavy atom. The highest BCUT2D eigenvalue weighted by atomic mass is 16.5. The summed E-state index contributed by atoms with van der Waals surface area (Å²) in [6.45, 7) is 5.88. The Labute approximate surface area is 142 Å². The molecule has 2 rings (SSSR count). The average molecular weight is 334 g/mol. The number of carbonyl (C=O) groups is 2. The molecule has 0 bridgehead atoms. The quantitative estimate of drug-likeness (QED) is 0.881. The average Bonchev–Trinajstić information content (AvgIpc) is 2.92. The molecular weight excluding hydrogens is 308 g/mol. The van der Waals surface area contributed by atoms with E-state index in [4.69, 9.17) is 4.74 Å². The summed E-state index contributed by atoms with van der Waals surface area (Å²) < 4.78 is 5.22. The molecule has 132 valence electrons. The number of nitrogens with one attached hydrogen (secondary N) is 1. The van der Waals surface area contributed by atoms with Crippen LogP contribution in [0.1, 0.15) is 45.6 Å². The van der Waals surface area contributed by atoms with Crippen LogP contribution in [0.5, 0.6) is 0 Å². The predicted molar refractivity (Wildman–Crippen MR) is 90.8 cm³/mol. The first-order chi connectivity index (χ1) is 11.3. The minimum absolute atomic E-state index is 0.0533. The van der Waals surface area contributed by atoms with Gasteiger partial charge in [0.2, 0.25) is 0 Å². The molecule has 0 saturated heterocycles. The number of alkyl carbamates (subject to hydrolysis) is 1. The number of benzene rings is 1. The van der Waals surface area contributed by atoms with E-state index >= 15 is 0 Å². The van der Waals surface area contributed by atoms with E-state index < -0.39 is 17.7 Å². The molecule has 0 unspecified atom stereocenters. The molecule has 6 nitrogen and oxygen atoms in total. The van der Waals surface area contributed by atoms with Crippen molar-refractivity contribution in [3.63, 3.8) is 0 Å². The zero-order chi connectivity index (χ0) is 17.7. The van der Waals surface area contributed by atoms with Crippen LogP contribution < -0.4 is 5.32 Å². The number of carboxylic acid groups (broad SMARTS) is 1. The first-order valence-electron chi connectivity index (χ1n) is 8.27. The number of rotatable bonds is 4. The van der Waals surface area contributed by atoms with E-state index in [1.807, 2.05) is 51.1 Å². The van der Waals surface area contributed by atoms with Gasteiger partial charge in [0.1, 0.15) is 6.61 Å². The van der Waals surface area contributed by atoms with Crippen LogP contribution >= 0.6 is 0 Å². The van der Waals surface area contributed by atoms with Gasteiger partial charge < -0.3 is 20.1 Å². The lowest BCUT2D eigenvalue weighted by molar-refractivity contribution is 0.0712. The molecule has 0 heterocycles. The number of hydrogen-bond acceptors (Lipinski definition) is 3. The topological polar surface area (TPSA) is 78.9 Å². The van der Waals surface area contributed by atoms with Crippen LogP contribution in [0.3, 0.4) is 0 Å². The molecule has 0 aliphatic heterocycles. The van der Waals surface area contributed by atoms with E-state index in [2.05, 4.69) is 5.32 Å². The Kier molecular flexibility index (Phi) is 5.70. The number of hydrogen-bond donors (Lipinski definition) is 2. The Hall–Kier alpha value is -2.24. The zero-order valence-electron chi connectivity index (χ0n) is 14.5. The number of amides is 2. The van der Waals surface area contributed by atoms with Gasteiger partial charge in [-0.1, -0.05) is 30.3 Å². The third kappa shape index (κ3) is 4.88. The first-order valence-corrected chi connectivity index (χ1v) is 8.27. The fourth-order valence-electron chi connectivity index (χ4n) is 3.25. The Bertz CT molecular complexity index is 568. The summed E-state index contributed by atoms with van der Waals surface area (Å²) in [4.78, 5) is 24.9. The molecule has 1 saturated carbocycles. The van der Waals surface area contributed by atoms with Gasteiger partial charge in [-0.25, -0.2) is 9.59 Å². The predicted octanol–water partition coefficient (Wildman–Crippen LogP) is 3.61. The first kappa shape index (κ1) is 18.1. The van der Waals surface area contributed by atoms with Crippen molar-refractivity contribution in [1.82, 2.24) is 10.2 Å². The van der Waals surface area contributed by atoms with Crippen LogP contribution in [0, 0.1) is 0 Å². The van der Waals surface area contributed by atoms with E-state index in [0.717, 1.165) is 18.4 Å². The maximum atomic E-state index is 11.9. The van der Waals surface area contributed by atoms with Gasteiger partial charge in [0.05, 0.1) is 0 Å². The number of ether oxygens (including phenoxy) is 1. The van der Waals surface area contributed by atoms with Crippen LogP contribution in [-0.2, 0) is 11.3 Å². The van der Waals surface area contributed by atoms with Gasteiger partial charge in [0.25, 0.3) is 0 Å². The van der Waals surface area contributed by atoms with Crippen molar-refractivity contribution in [2.45, 2.75) is 64.3 Å². The Morgan fingerprint density at radius 2 is 1.92 bits per heavy atom. The summed E-state index contributed by atoms with van der Waals surface area (Å²) >= 11 is 0. The van der Waals surface area contributed by atoms with Crippen molar-refractivity contribution in [3.8, 4) is 0 Å². The molecule has 2 N–H and O–H groups in total. The van der Waals surface area contributed by atoms with Crippen molar-refractivity contribution in [1.29, 1.82) is 0 Å². The summed E-state index contributed by atoms with van der Waals surface area (Å²) in [5.41, 5.74) is 0.473. The maximum Gasteiger partial charge on any atom is 0.407 e. The van der Waals surface area contributed by atoms with Crippen LogP contribution in [-0.4, -0.2) is 39.8 Å². The summed E-state index contributed by atoms with van der Waals surface area (Å²) in [5, 5.41) is 12.3. The van der Waals surface area contributed by atoms with Gasteiger partial charge in [0, 0.05) is 17.6 Å². The van der Waals surface area contributed by atoms with Gasteiger partial charge in [-0.05, 0) is 45.6 Å². The molecule has 2 amide bonds. The highest BCUT2D eigenvalue weighted by molar-refractivity contribution is 5.68. The van der Waals surface area contributed by atoms with Crippen molar-refractivity contribution in [2.75, 3.05) is 0 Å². The molecule has 0 aromatic heterocycles. The number of carbonyl (C=O) groups excluding carboxylic acids is 1. The van der Waals surface area contributed by atoms with Gasteiger partial charge in [-0.2, -0.15) is 0 Å². The fraction of sp³-hybridized carbons (Fsp3) is 0.556. The highest BCUT2D eigenvalue weighted by Crippen LogP contribution is 2.29. The Morgan fingerprint density at radius 1 is 1.25 bits per heavy atom. The third-order valence-electron chi connectivity index (χ3n) is 4.23. The summed E-state index contributed by atoms with van der Waals surface area (Å²) in [5.74, 6) is 0. The van der Waals surface area contributed by atoms with Crippen LogP contribution in [0.2, 0.25) is 0 Å². The monoisotopic (exact) mass is 334 g/mol. The molecule has 2 atom stereocenters. The van der Waals surface area contributed by atoms with E-state index in [1.54, 1.807) is 0 Å². The second-order valence-corrected chi connectivity index (χ2v) is 7.19. The molecule has 0 radical (unpaired) electrons. The van der Waals surface area contributed by atoms with Crippen molar-refractivity contribution in [2.24, 2.45) is 0 Å². The summed E-state index contributed by atoms with van der Waals surface area (Å²) in [6.07, 6.45) is 0.740. The Balaban J connectivity index is 1.82. The smallest absolute Gasteiger partial charge is 0.407 e. The molecule has 1 aromatic rings. The lowest BCUT2D eigenvalue weighted by Crippen LogP contribution is -2.50. The molecule has 6 heteroatoms. The van der Waals surface area contributed by atoms with Gasteiger partial charge in [0.15, 0.2) is 0 Å². The maximum absolute atomic E-state index is 11.9. The number of nitrogens with zero attached hydrogens (tertiary/aromatic N) is 1. The lowest BCUT2D eigenvalue weighted by Gasteiger charge is -2.38. The lowest BCUT2D eigenvalue weighted by atomic mass is 10.0. The van der Waals surface area contributed by atoms with Gasteiger partial charge in [-0.15, -0.1) is 0 Å². The molecule has 1 aliphatic carbocycles. The van der Waals surface area contributed by atoms with E-state index in [9.17, 15) is 14.7 Å². The SMILES string of the molecule is CC(C)(C)N(C(=O)O)[C@H]1CC[C@H](NC(=O)OCc2ccccc2)C1. The van der Waals surface area contributed by atoms with E-state index in [0.29, 0.717) is 6.42 Å². The fourth-order valence-corrected chi connectivity index (χ4v) is 3.25. The van der Waals surface area contributed by atoms with E-state index in [1.165, 1.54) is 4.90 Å². The minimum Gasteiger partial charge on any atom is -0.465 e. The van der Waals surface area contributed by atoms with Crippen molar-refractivity contribution >= 4 is 12.2 Å². The molecule has 1 aromatic carbocycles. The normalized spacial score (nSPS) is 20.5. The standard InChI is InChI=1S/C18H26N2O4/c1-18(2,3)20(17(22)23)15-10-9-14(11-15)19-16(21)24-12-13-7-5-4-6-8-13/h4-8,14-15H,9-12H2,1-3H3,(H,19,21)(H,22,23)/t14-,15-/m0/s1. The summed E-state index contributed by atoms with van der Waals surface area (Å²) in [6, 6.07) is 9.35. The molecular formula is C18H26N2O4. The minimum atomic E-state index is -0.917. The van der Waals surface area contributed by atoms with Crippen molar-refractivity contribution in [3.05, 3.63) is 35.9 Å². The zero-order valence-corrected chi connectivity index (χ0v) is 14.5. The van der Waals surface area contributed by atoms with Crippen molar-refractivity contribution < 1.29 is 19.4 Å².